The Morgan fingerprint density at radius 3 is 2.94 bits per heavy atom. The quantitative estimate of drug-likeness (QED) is 0.659. The van der Waals surface area contributed by atoms with E-state index in [1.807, 2.05) is 26.0 Å². The highest BCUT2D eigenvalue weighted by Crippen LogP contribution is 2.01. The summed E-state index contributed by atoms with van der Waals surface area (Å²) in [5.41, 5.74) is 0. The van der Waals surface area contributed by atoms with Crippen LogP contribution >= 0.6 is 0 Å². The molecule has 5 heteroatoms. The third-order valence-electron chi connectivity index (χ3n) is 2.40. The number of ether oxygens (including phenoxy) is 2. The third kappa shape index (κ3) is 6.76. The predicted molar refractivity (Wildman–Crippen MR) is 68.3 cm³/mol. The van der Waals surface area contributed by atoms with Gasteiger partial charge in [0, 0.05) is 19.7 Å². The first kappa shape index (κ1) is 15.2. The average molecular weight is 257 g/mol. The summed E-state index contributed by atoms with van der Waals surface area (Å²) in [6.45, 7) is 6.57. The highest BCUT2D eigenvalue weighted by Gasteiger charge is 2.06. The molecule has 0 amide bonds. The van der Waals surface area contributed by atoms with Crippen molar-refractivity contribution < 1.29 is 19.0 Å². The van der Waals surface area contributed by atoms with E-state index >= 15 is 0 Å². The van der Waals surface area contributed by atoms with E-state index < -0.39 is 6.10 Å². The lowest BCUT2D eigenvalue weighted by Gasteiger charge is -2.15. The first-order valence-electron chi connectivity index (χ1n) is 6.32. The van der Waals surface area contributed by atoms with Gasteiger partial charge in [-0.1, -0.05) is 0 Å². The van der Waals surface area contributed by atoms with Gasteiger partial charge in [0.1, 0.15) is 12.4 Å². The molecule has 2 N–H and O–H groups in total. The molecule has 1 rings (SSSR count). The van der Waals surface area contributed by atoms with Gasteiger partial charge in [-0.25, -0.2) is 0 Å². The van der Waals surface area contributed by atoms with Crippen molar-refractivity contribution in [1.29, 1.82) is 0 Å². The number of nitrogens with one attached hydrogen (secondary N) is 1. The third-order valence-corrected chi connectivity index (χ3v) is 2.40. The maximum Gasteiger partial charge on any atom is 0.129 e. The summed E-state index contributed by atoms with van der Waals surface area (Å²) < 4.78 is 15.8. The van der Waals surface area contributed by atoms with Crippen LogP contribution in [-0.2, 0) is 16.1 Å². The van der Waals surface area contributed by atoms with Crippen molar-refractivity contribution in [2.75, 3.05) is 26.3 Å². The molecule has 1 aromatic rings. The lowest BCUT2D eigenvalue weighted by Crippen LogP contribution is -2.35. The summed E-state index contributed by atoms with van der Waals surface area (Å²) in [5.74, 6) is 0.764. The number of hydrogen-bond acceptors (Lipinski definition) is 5. The van der Waals surface area contributed by atoms with E-state index in [2.05, 4.69) is 5.32 Å². The Morgan fingerprint density at radius 2 is 2.28 bits per heavy atom. The van der Waals surface area contributed by atoms with E-state index in [0.717, 1.165) is 12.3 Å². The predicted octanol–water partition coefficient (Wildman–Crippen LogP) is 1.17. The fourth-order valence-corrected chi connectivity index (χ4v) is 1.55. The molecule has 1 aromatic heterocycles. The van der Waals surface area contributed by atoms with Gasteiger partial charge in [0.05, 0.1) is 25.1 Å². The summed E-state index contributed by atoms with van der Waals surface area (Å²) in [6.07, 6.45) is 1.24. The van der Waals surface area contributed by atoms with Crippen LogP contribution in [0.5, 0.6) is 0 Å². The van der Waals surface area contributed by atoms with Crippen molar-refractivity contribution in [3.05, 3.63) is 24.2 Å². The van der Waals surface area contributed by atoms with Gasteiger partial charge in [-0.05, 0) is 26.0 Å². The number of hydrogen-bond donors (Lipinski definition) is 2. The second kappa shape index (κ2) is 9.10. The van der Waals surface area contributed by atoms with Gasteiger partial charge in [0.15, 0.2) is 0 Å². The Labute approximate surface area is 108 Å². The molecule has 104 valence electrons. The van der Waals surface area contributed by atoms with Crippen LogP contribution in [0.3, 0.4) is 0 Å². The molecule has 2 unspecified atom stereocenters. The van der Waals surface area contributed by atoms with Crippen molar-refractivity contribution >= 4 is 0 Å². The van der Waals surface area contributed by atoms with E-state index in [4.69, 9.17) is 13.9 Å². The fourth-order valence-electron chi connectivity index (χ4n) is 1.55. The highest BCUT2D eigenvalue weighted by molar-refractivity contribution is 4.96. The Morgan fingerprint density at radius 1 is 1.44 bits per heavy atom. The van der Waals surface area contributed by atoms with E-state index in [9.17, 15) is 5.11 Å². The van der Waals surface area contributed by atoms with Gasteiger partial charge in [0.2, 0.25) is 0 Å². The van der Waals surface area contributed by atoms with Crippen LogP contribution in [-0.4, -0.2) is 43.6 Å². The zero-order valence-corrected chi connectivity index (χ0v) is 11.1. The average Bonchev–Trinajstić information content (AvgIpc) is 2.82. The standard InChI is InChI=1S/C13H23NO4/c1-3-17-11(2)7-14-8-12(15)9-16-10-13-5-4-6-18-13/h4-6,11-12,14-15H,3,7-10H2,1-2H3. The van der Waals surface area contributed by atoms with Crippen LogP contribution < -0.4 is 5.32 Å². The lowest BCUT2D eigenvalue weighted by atomic mass is 10.3. The van der Waals surface area contributed by atoms with Gasteiger partial charge in [-0.15, -0.1) is 0 Å². The van der Waals surface area contributed by atoms with Crippen LogP contribution in [0, 0.1) is 0 Å². The van der Waals surface area contributed by atoms with Gasteiger partial charge in [-0.3, -0.25) is 0 Å². The molecular weight excluding hydrogens is 234 g/mol. The molecule has 0 aromatic carbocycles. The van der Waals surface area contributed by atoms with Crippen molar-refractivity contribution in [2.24, 2.45) is 0 Å². The van der Waals surface area contributed by atoms with Crippen molar-refractivity contribution in [3.63, 3.8) is 0 Å². The number of aliphatic hydroxyl groups excluding tert-OH is 1. The molecule has 5 nitrogen and oxygen atoms in total. The van der Waals surface area contributed by atoms with Gasteiger partial charge in [0.25, 0.3) is 0 Å². The van der Waals surface area contributed by atoms with Crippen molar-refractivity contribution in [1.82, 2.24) is 5.32 Å². The van der Waals surface area contributed by atoms with E-state index in [1.165, 1.54) is 0 Å². The number of furan rings is 1. The summed E-state index contributed by atoms with van der Waals surface area (Å²) in [5, 5.41) is 12.8. The normalized spacial score (nSPS) is 14.6. The molecule has 0 spiro atoms. The second-order valence-corrected chi connectivity index (χ2v) is 4.17. The largest absolute Gasteiger partial charge is 0.467 e. The molecule has 0 fully saturated rings. The maximum atomic E-state index is 9.66. The van der Waals surface area contributed by atoms with Crippen LogP contribution in [0.1, 0.15) is 19.6 Å². The molecule has 0 aliphatic carbocycles. The van der Waals surface area contributed by atoms with Crippen LogP contribution in [0.2, 0.25) is 0 Å². The summed E-state index contributed by atoms with van der Waals surface area (Å²) in [7, 11) is 0. The van der Waals surface area contributed by atoms with Crippen LogP contribution in [0.15, 0.2) is 22.8 Å². The zero-order valence-electron chi connectivity index (χ0n) is 11.1. The molecular formula is C13H23NO4. The molecule has 2 atom stereocenters. The monoisotopic (exact) mass is 257 g/mol. The number of rotatable bonds is 10. The van der Waals surface area contributed by atoms with E-state index in [1.54, 1.807) is 6.26 Å². The summed E-state index contributed by atoms with van der Waals surface area (Å²) in [6, 6.07) is 3.65. The van der Waals surface area contributed by atoms with E-state index in [-0.39, 0.29) is 12.7 Å². The van der Waals surface area contributed by atoms with Gasteiger partial charge in [-0.2, -0.15) is 0 Å². The minimum Gasteiger partial charge on any atom is -0.467 e. The lowest BCUT2D eigenvalue weighted by molar-refractivity contribution is 0.0194. The maximum absolute atomic E-state index is 9.66. The fraction of sp³-hybridized carbons (Fsp3) is 0.692. The molecule has 0 aliphatic rings. The van der Waals surface area contributed by atoms with Crippen LogP contribution in [0.25, 0.3) is 0 Å². The Bertz CT molecular complexity index is 289. The van der Waals surface area contributed by atoms with Crippen molar-refractivity contribution in [3.8, 4) is 0 Å². The molecule has 0 radical (unpaired) electrons. The summed E-state index contributed by atoms with van der Waals surface area (Å²) >= 11 is 0. The summed E-state index contributed by atoms with van der Waals surface area (Å²) in [4.78, 5) is 0. The molecule has 0 bridgehead atoms. The van der Waals surface area contributed by atoms with Crippen LogP contribution in [0.4, 0.5) is 0 Å². The first-order chi connectivity index (χ1) is 8.72. The first-order valence-corrected chi connectivity index (χ1v) is 6.32. The Balaban J connectivity index is 1.98. The minimum absolute atomic E-state index is 0.159. The van der Waals surface area contributed by atoms with Gasteiger partial charge < -0.3 is 24.3 Å². The molecule has 0 aliphatic heterocycles. The second-order valence-electron chi connectivity index (χ2n) is 4.17. The van der Waals surface area contributed by atoms with Gasteiger partial charge >= 0.3 is 0 Å². The molecule has 0 saturated heterocycles. The van der Waals surface area contributed by atoms with E-state index in [0.29, 0.717) is 19.8 Å². The topological polar surface area (TPSA) is 63.9 Å². The molecule has 0 saturated carbocycles. The number of aliphatic hydroxyl groups is 1. The Kier molecular flexibility index (Phi) is 7.68. The zero-order chi connectivity index (χ0) is 13.2. The van der Waals surface area contributed by atoms with Crippen molar-refractivity contribution in [2.45, 2.75) is 32.7 Å². The minimum atomic E-state index is -0.520. The Hall–Kier alpha value is -0.880. The SMILES string of the molecule is CCOC(C)CNCC(O)COCc1ccco1. The molecule has 18 heavy (non-hydrogen) atoms. The molecule has 1 heterocycles. The highest BCUT2D eigenvalue weighted by atomic mass is 16.5. The smallest absolute Gasteiger partial charge is 0.129 e.